The van der Waals surface area contributed by atoms with Gasteiger partial charge in [0.15, 0.2) is 0 Å². The molecule has 0 aliphatic carbocycles. The molecule has 3 nitrogen and oxygen atoms in total. The van der Waals surface area contributed by atoms with E-state index < -0.39 is 0 Å². The molecular weight excluding hydrogens is 208 g/mol. The number of rotatable bonds is 1. The Bertz CT molecular complexity index is 253. The third-order valence-corrected chi connectivity index (χ3v) is 1.88. The summed E-state index contributed by atoms with van der Waals surface area (Å²) in [6.45, 7) is 0.203. The first kappa shape index (κ1) is 9.00. The predicted molar refractivity (Wildman–Crippen MR) is 45.0 cm³/mol. The third kappa shape index (κ3) is 1.93. The molecule has 0 radical (unpaired) electrons. The van der Waals surface area contributed by atoms with E-state index in [9.17, 15) is 0 Å². The molecule has 1 aromatic heterocycles. The zero-order chi connectivity index (χ0) is 8.43. The molecule has 0 unspecified atom stereocenters. The Labute approximate surface area is 78.5 Å². The molecule has 0 saturated carbocycles. The third-order valence-electron chi connectivity index (χ3n) is 1.08. The maximum Gasteiger partial charge on any atom is 0.225 e. The molecule has 60 valence electrons. The predicted octanol–water partition coefficient (Wildman–Crippen LogP) is 1.90. The van der Waals surface area contributed by atoms with E-state index in [-0.39, 0.29) is 22.1 Å². The highest BCUT2D eigenvalue weighted by Gasteiger charge is 2.07. The van der Waals surface area contributed by atoms with E-state index in [0.717, 1.165) is 0 Å². The molecule has 0 atom stereocenters. The van der Waals surface area contributed by atoms with Gasteiger partial charge >= 0.3 is 0 Å². The van der Waals surface area contributed by atoms with Gasteiger partial charge in [0.05, 0.1) is 0 Å². The van der Waals surface area contributed by atoms with E-state index in [2.05, 4.69) is 9.97 Å². The molecule has 0 amide bonds. The molecule has 6 heteroatoms. The Balaban J connectivity index is 3.25. The van der Waals surface area contributed by atoms with Gasteiger partial charge in [-0.15, -0.1) is 0 Å². The molecule has 0 aromatic carbocycles. The van der Waals surface area contributed by atoms with Crippen molar-refractivity contribution in [1.82, 2.24) is 9.97 Å². The van der Waals surface area contributed by atoms with Crippen molar-refractivity contribution in [2.45, 2.75) is 6.54 Å². The summed E-state index contributed by atoms with van der Waals surface area (Å²) in [6, 6.07) is 0. The quantitative estimate of drug-likeness (QED) is 0.571. The normalized spacial score (nSPS) is 10.2. The van der Waals surface area contributed by atoms with E-state index in [1.54, 1.807) is 0 Å². The van der Waals surface area contributed by atoms with E-state index in [4.69, 9.17) is 40.5 Å². The average Bonchev–Trinajstić information content (AvgIpc) is 1.85. The standard InChI is InChI=1S/C5H4Cl3N3/c6-3-2(1-9)4(7)11-5(8)10-3/h1,9H2. The van der Waals surface area contributed by atoms with Gasteiger partial charge in [-0.25, -0.2) is 9.97 Å². The van der Waals surface area contributed by atoms with Crippen LogP contribution in [0.4, 0.5) is 0 Å². The van der Waals surface area contributed by atoms with Crippen molar-refractivity contribution in [3.8, 4) is 0 Å². The minimum atomic E-state index is 0.0252. The van der Waals surface area contributed by atoms with E-state index >= 15 is 0 Å². The average molecular weight is 212 g/mol. The zero-order valence-corrected chi connectivity index (χ0v) is 7.58. The molecule has 0 aliphatic rings. The molecule has 0 bridgehead atoms. The lowest BCUT2D eigenvalue weighted by atomic mass is 10.3. The number of hydrogen-bond acceptors (Lipinski definition) is 3. The minimum Gasteiger partial charge on any atom is -0.326 e. The van der Waals surface area contributed by atoms with E-state index in [1.165, 1.54) is 0 Å². The van der Waals surface area contributed by atoms with Crippen molar-refractivity contribution in [1.29, 1.82) is 0 Å². The fourth-order valence-electron chi connectivity index (χ4n) is 0.576. The fourth-order valence-corrected chi connectivity index (χ4v) is 1.37. The lowest BCUT2D eigenvalue weighted by Crippen LogP contribution is -2.01. The van der Waals surface area contributed by atoms with Gasteiger partial charge in [0, 0.05) is 12.1 Å². The largest absolute Gasteiger partial charge is 0.326 e. The Morgan fingerprint density at radius 1 is 1.09 bits per heavy atom. The topological polar surface area (TPSA) is 51.8 Å². The highest BCUT2D eigenvalue weighted by atomic mass is 35.5. The van der Waals surface area contributed by atoms with Crippen LogP contribution in [0.5, 0.6) is 0 Å². The SMILES string of the molecule is NCc1c(Cl)nc(Cl)nc1Cl. The first-order chi connectivity index (χ1) is 5.15. The van der Waals surface area contributed by atoms with E-state index in [1.807, 2.05) is 0 Å². The van der Waals surface area contributed by atoms with Crippen LogP contribution in [0.15, 0.2) is 0 Å². The number of nitrogens with zero attached hydrogens (tertiary/aromatic N) is 2. The van der Waals surface area contributed by atoms with Crippen LogP contribution in [0.3, 0.4) is 0 Å². The lowest BCUT2D eigenvalue weighted by Gasteiger charge is -2.01. The maximum atomic E-state index is 5.63. The second-order valence-electron chi connectivity index (χ2n) is 1.76. The molecular formula is C5H4Cl3N3. The smallest absolute Gasteiger partial charge is 0.225 e. The molecule has 11 heavy (non-hydrogen) atoms. The van der Waals surface area contributed by atoms with Gasteiger partial charge in [-0.3, -0.25) is 0 Å². The van der Waals surface area contributed by atoms with Gasteiger partial charge in [-0.2, -0.15) is 0 Å². The molecule has 1 rings (SSSR count). The van der Waals surface area contributed by atoms with Gasteiger partial charge in [0.1, 0.15) is 10.3 Å². The van der Waals surface area contributed by atoms with Crippen LogP contribution >= 0.6 is 34.8 Å². The zero-order valence-electron chi connectivity index (χ0n) is 5.31. The number of aromatic nitrogens is 2. The molecule has 0 fully saturated rings. The molecule has 0 aliphatic heterocycles. The Morgan fingerprint density at radius 3 is 1.91 bits per heavy atom. The summed E-state index contributed by atoms with van der Waals surface area (Å²) in [7, 11) is 0. The lowest BCUT2D eigenvalue weighted by molar-refractivity contribution is 1.01. The molecule has 0 saturated heterocycles. The van der Waals surface area contributed by atoms with Crippen LogP contribution in [0.2, 0.25) is 15.6 Å². The Hall–Kier alpha value is -0.0900. The second kappa shape index (κ2) is 3.54. The maximum absolute atomic E-state index is 5.63. The van der Waals surface area contributed by atoms with Gasteiger partial charge in [0.25, 0.3) is 0 Å². The summed E-state index contributed by atoms with van der Waals surface area (Å²) >= 11 is 16.7. The van der Waals surface area contributed by atoms with Crippen LogP contribution in [0.25, 0.3) is 0 Å². The van der Waals surface area contributed by atoms with Gasteiger partial charge in [0.2, 0.25) is 5.28 Å². The first-order valence-electron chi connectivity index (χ1n) is 2.72. The van der Waals surface area contributed by atoms with Gasteiger partial charge in [-0.1, -0.05) is 23.2 Å². The van der Waals surface area contributed by atoms with Crippen molar-refractivity contribution < 1.29 is 0 Å². The highest BCUT2D eigenvalue weighted by Crippen LogP contribution is 2.21. The van der Waals surface area contributed by atoms with Crippen molar-refractivity contribution in [3.05, 3.63) is 21.2 Å². The fraction of sp³-hybridized carbons (Fsp3) is 0.200. The van der Waals surface area contributed by atoms with E-state index in [0.29, 0.717) is 5.56 Å². The van der Waals surface area contributed by atoms with Gasteiger partial charge in [-0.05, 0) is 11.6 Å². The summed E-state index contributed by atoms with van der Waals surface area (Å²) < 4.78 is 0. The highest BCUT2D eigenvalue weighted by molar-refractivity contribution is 6.36. The monoisotopic (exact) mass is 211 g/mol. The second-order valence-corrected chi connectivity index (χ2v) is 2.81. The molecule has 0 spiro atoms. The Morgan fingerprint density at radius 2 is 1.55 bits per heavy atom. The van der Waals surface area contributed by atoms with Crippen LogP contribution in [0.1, 0.15) is 5.56 Å². The number of nitrogens with two attached hydrogens (primary N) is 1. The Kier molecular flexibility index (Phi) is 2.90. The van der Waals surface area contributed by atoms with Crippen LogP contribution in [-0.4, -0.2) is 9.97 Å². The van der Waals surface area contributed by atoms with Crippen LogP contribution < -0.4 is 5.73 Å². The van der Waals surface area contributed by atoms with Crippen LogP contribution in [-0.2, 0) is 6.54 Å². The summed E-state index contributed by atoms with van der Waals surface area (Å²) in [5, 5.41) is 0.437. The van der Waals surface area contributed by atoms with Gasteiger partial charge < -0.3 is 5.73 Å². The summed E-state index contributed by atoms with van der Waals surface area (Å²) in [5.41, 5.74) is 5.82. The summed E-state index contributed by atoms with van der Waals surface area (Å²) in [4.78, 5) is 7.32. The summed E-state index contributed by atoms with van der Waals surface area (Å²) in [6.07, 6.45) is 0. The summed E-state index contributed by atoms with van der Waals surface area (Å²) in [5.74, 6) is 0. The van der Waals surface area contributed by atoms with Crippen molar-refractivity contribution in [2.24, 2.45) is 5.73 Å². The van der Waals surface area contributed by atoms with Crippen molar-refractivity contribution in [2.75, 3.05) is 0 Å². The molecule has 1 heterocycles. The number of hydrogen-bond donors (Lipinski definition) is 1. The minimum absolute atomic E-state index is 0.0252. The van der Waals surface area contributed by atoms with Crippen molar-refractivity contribution in [3.63, 3.8) is 0 Å². The van der Waals surface area contributed by atoms with Crippen LogP contribution in [0, 0.1) is 0 Å². The van der Waals surface area contributed by atoms with Crippen molar-refractivity contribution >= 4 is 34.8 Å². The number of halogens is 3. The molecule has 1 aromatic rings. The molecule has 2 N–H and O–H groups in total. The first-order valence-corrected chi connectivity index (χ1v) is 3.86.